The summed E-state index contributed by atoms with van der Waals surface area (Å²) in [5.74, 6) is 0.976. The van der Waals surface area contributed by atoms with Crippen LogP contribution in [0.4, 0.5) is 0 Å². The summed E-state index contributed by atoms with van der Waals surface area (Å²) in [6.07, 6.45) is 2.28. The molecular weight excluding hydrogens is 212 g/mol. The molecule has 1 aromatic carbocycles. The monoisotopic (exact) mass is 234 g/mol. The number of hydrogen-bond acceptors (Lipinski definition) is 3. The number of benzene rings is 1. The number of ether oxygens (including phenoxy) is 1. The Kier molecular flexibility index (Phi) is 4.02. The zero-order valence-electron chi connectivity index (χ0n) is 10.7. The minimum absolute atomic E-state index is 0.204. The number of piperidine rings is 1. The van der Waals surface area contributed by atoms with Crippen molar-refractivity contribution in [2.45, 2.75) is 31.8 Å². The topological polar surface area (TPSA) is 38.5 Å². The van der Waals surface area contributed by atoms with E-state index < -0.39 is 0 Å². The summed E-state index contributed by atoms with van der Waals surface area (Å²) in [6.45, 7) is 3.82. The number of para-hydroxylation sites is 1. The lowest BCUT2D eigenvalue weighted by atomic mass is 9.91. The first kappa shape index (κ1) is 12.4. The molecule has 1 aliphatic heterocycles. The Balaban J connectivity index is 2.30. The van der Waals surface area contributed by atoms with Crippen LogP contribution >= 0.6 is 0 Å². The first-order valence-corrected chi connectivity index (χ1v) is 6.41. The van der Waals surface area contributed by atoms with E-state index in [-0.39, 0.29) is 12.1 Å². The molecule has 1 fully saturated rings. The van der Waals surface area contributed by atoms with E-state index in [4.69, 9.17) is 10.5 Å². The van der Waals surface area contributed by atoms with Gasteiger partial charge in [-0.3, -0.25) is 4.90 Å². The molecular formula is C14H22N2O. The summed E-state index contributed by atoms with van der Waals surface area (Å²) < 4.78 is 5.70. The highest BCUT2D eigenvalue weighted by Crippen LogP contribution is 2.34. The molecule has 2 rings (SSSR count). The van der Waals surface area contributed by atoms with Crippen LogP contribution in [-0.2, 0) is 0 Å². The van der Waals surface area contributed by atoms with Gasteiger partial charge in [0, 0.05) is 11.6 Å². The predicted octanol–water partition coefficient (Wildman–Crippen LogP) is 2.18. The summed E-state index contributed by atoms with van der Waals surface area (Å²) in [7, 11) is 2.15. The molecule has 1 aromatic rings. The Morgan fingerprint density at radius 3 is 2.88 bits per heavy atom. The highest BCUT2D eigenvalue weighted by atomic mass is 16.5. The molecule has 1 saturated heterocycles. The lowest BCUT2D eigenvalue weighted by Gasteiger charge is -2.38. The van der Waals surface area contributed by atoms with Crippen molar-refractivity contribution >= 4 is 0 Å². The summed E-state index contributed by atoms with van der Waals surface area (Å²) >= 11 is 0. The van der Waals surface area contributed by atoms with Gasteiger partial charge in [-0.15, -0.1) is 0 Å². The number of likely N-dealkylation sites (tertiary alicyclic amines) is 1. The fourth-order valence-electron chi connectivity index (χ4n) is 2.68. The van der Waals surface area contributed by atoms with Crippen LogP contribution in [0.3, 0.4) is 0 Å². The molecule has 2 atom stereocenters. The SMILES string of the molecule is CCOc1ccccc1C1C(N)CCCN1C. The van der Waals surface area contributed by atoms with Crippen LogP contribution in [0.25, 0.3) is 0 Å². The van der Waals surface area contributed by atoms with Crippen LogP contribution in [-0.4, -0.2) is 31.1 Å². The molecule has 0 bridgehead atoms. The van der Waals surface area contributed by atoms with Crippen LogP contribution in [0.15, 0.2) is 24.3 Å². The minimum Gasteiger partial charge on any atom is -0.494 e. The zero-order chi connectivity index (χ0) is 12.3. The van der Waals surface area contributed by atoms with Crippen molar-refractivity contribution in [3.63, 3.8) is 0 Å². The van der Waals surface area contributed by atoms with Gasteiger partial charge in [0.2, 0.25) is 0 Å². The van der Waals surface area contributed by atoms with E-state index in [0.29, 0.717) is 6.61 Å². The maximum absolute atomic E-state index is 6.27. The quantitative estimate of drug-likeness (QED) is 0.871. The summed E-state index contributed by atoms with van der Waals surface area (Å²) in [5, 5.41) is 0. The van der Waals surface area contributed by atoms with Gasteiger partial charge < -0.3 is 10.5 Å². The standard InChI is InChI=1S/C14H22N2O/c1-3-17-13-9-5-4-7-11(13)14-12(15)8-6-10-16(14)2/h4-5,7,9,12,14H,3,6,8,10,15H2,1-2H3. The first-order valence-electron chi connectivity index (χ1n) is 6.41. The van der Waals surface area contributed by atoms with Crippen LogP contribution in [0.2, 0.25) is 0 Å². The Morgan fingerprint density at radius 1 is 1.41 bits per heavy atom. The normalized spacial score (nSPS) is 25.8. The van der Waals surface area contributed by atoms with E-state index >= 15 is 0 Å². The summed E-state index contributed by atoms with van der Waals surface area (Å²) in [6, 6.07) is 8.74. The average Bonchev–Trinajstić information content (AvgIpc) is 2.31. The van der Waals surface area contributed by atoms with Gasteiger partial charge in [0.1, 0.15) is 5.75 Å². The Morgan fingerprint density at radius 2 is 2.18 bits per heavy atom. The number of likely N-dealkylation sites (N-methyl/N-ethyl adjacent to an activating group) is 1. The van der Waals surface area contributed by atoms with Gasteiger partial charge in [-0.05, 0) is 39.4 Å². The van der Waals surface area contributed by atoms with E-state index in [2.05, 4.69) is 24.1 Å². The van der Waals surface area contributed by atoms with Gasteiger partial charge in [0.15, 0.2) is 0 Å². The maximum Gasteiger partial charge on any atom is 0.124 e. The molecule has 0 aromatic heterocycles. The van der Waals surface area contributed by atoms with Crippen molar-refractivity contribution in [1.82, 2.24) is 4.90 Å². The van der Waals surface area contributed by atoms with E-state index in [9.17, 15) is 0 Å². The van der Waals surface area contributed by atoms with E-state index in [1.54, 1.807) is 0 Å². The third-order valence-electron chi connectivity index (χ3n) is 3.47. The van der Waals surface area contributed by atoms with E-state index in [1.165, 1.54) is 12.0 Å². The molecule has 0 saturated carbocycles. The molecule has 2 N–H and O–H groups in total. The number of hydrogen-bond donors (Lipinski definition) is 1. The van der Waals surface area contributed by atoms with Gasteiger partial charge in [0.05, 0.1) is 12.6 Å². The van der Waals surface area contributed by atoms with Crippen molar-refractivity contribution in [2.24, 2.45) is 5.73 Å². The van der Waals surface area contributed by atoms with Crippen LogP contribution in [0, 0.1) is 0 Å². The zero-order valence-corrected chi connectivity index (χ0v) is 10.7. The Bertz CT molecular complexity index is 357. The van der Waals surface area contributed by atoms with Crippen molar-refractivity contribution in [1.29, 1.82) is 0 Å². The van der Waals surface area contributed by atoms with Gasteiger partial charge >= 0.3 is 0 Å². The Labute approximate surface area is 104 Å². The molecule has 2 unspecified atom stereocenters. The van der Waals surface area contributed by atoms with Crippen LogP contribution in [0.1, 0.15) is 31.4 Å². The molecule has 1 aliphatic rings. The summed E-state index contributed by atoms with van der Waals surface area (Å²) in [4.78, 5) is 2.34. The molecule has 17 heavy (non-hydrogen) atoms. The van der Waals surface area contributed by atoms with Crippen LogP contribution in [0.5, 0.6) is 5.75 Å². The van der Waals surface area contributed by atoms with Gasteiger partial charge in [-0.25, -0.2) is 0 Å². The molecule has 0 spiro atoms. The second kappa shape index (κ2) is 5.52. The second-order valence-electron chi connectivity index (χ2n) is 4.70. The molecule has 3 nitrogen and oxygen atoms in total. The predicted molar refractivity (Wildman–Crippen MR) is 70.2 cm³/mol. The lowest BCUT2D eigenvalue weighted by Crippen LogP contribution is -2.44. The van der Waals surface area contributed by atoms with Crippen LogP contribution < -0.4 is 10.5 Å². The number of nitrogens with two attached hydrogens (primary N) is 1. The third kappa shape index (κ3) is 2.61. The Hall–Kier alpha value is -1.06. The van der Waals surface area contributed by atoms with Gasteiger partial charge in [0.25, 0.3) is 0 Å². The van der Waals surface area contributed by atoms with E-state index in [0.717, 1.165) is 18.7 Å². The molecule has 1 heterocycles. The molecule has 3 heteroatoms. The third-order valence-corrected chi connectivity index (χ3v) is 3.47. The molecule has 0 aliphatic carbocycles. The number of nitrogens with zero attached hydrogens (tertiary/aromatic N) is 1. The number of rotatable bonds is 3. The fourth-order valence-corrected chi connectivity index (χ4v) is 2.68. The van der Waals surface area contributed by atoms with Gasteiger partial charge in [-0.2, -0.15) is 0 Å². The van der Waals surface area contributed by atoms with Crippen molar-refractivity contribution in [3.05, 3.63) is 29.8 Å². The minimum atomic E-state index is 0.204. The second-order valence-corrected chi connectivity index (χ2v) is 4.70. The first-order chi connectivity index (χ1) is 8.24. The van der Waals surface area contributed by atoms with Crippen molar-refractivity contribution < 1.29 is 4.74 Å². The largest absolute Gasteiger partial charge is 0.494 e. The summed E-state index contributed by atoms with van der Waals surface area (Å²) in [5.41, 5.74) is 7.50. The highest BCUT2D eigenvalue weighted by Gasteiger charge is 2.29. The maximum atomic E-state index is 6.27. The van der Waals surface area contributed by atoms with Crippen molar-refractivity contribution in [3.8, 4) is 5.75 Å². The lowest BCUT2D eigenvalue weighted by molar-refractivity contribution is 0.158. The molecule has 0 radical (unpaired) electrons. The van der Waals surface area contributed by atoms with Gasteiger partial charge in [-0.1, -0.05) is 18.2 Å². The van der Waals surface area contributed by atoms with E-state index in [1.807, 2.05) is 19.1 Å². The van der Waals surface area contributed by atoms with Crippen molar-refractivity contribution in [2.75, 3.05) is 20.2 Å². The molecule has 94 valence electrons. The fraction of sp³-hybridized carbons (Fsp3) is 0.571. The smallest absolute Gasteiger partial charge is 0.124 e. The average molecular weight is 234 g/mol. The highest BCUT2D eigenvalue weighted by molar-refractivity contribution is 5.37. The molecule has 0 amide bonds.